The van der Waals surface area contributed by atoms with Gasteiger partial charge < -0.3 is 20.1 Å². The molecule has 1 aromatic carbocycles. The third-order valence-electron chi connectivity index (χ3n) is 2.15. The Morgan fingerprint density at radius 2 is 1.89 bits per heavy atom. The molecule has 2 amide bonds. The molecule has 2 N–H and O–H groups in total. The van der Waals surface area contributed by atoms with Crippen LogP contribution in [0.2, 0.25) is 0 Å². The summed E-state index contributed by atoms with van der Waals surface area (Å²) in [6.45, 7) is 0.459. The number of nitrogens with one attached hydrogen (secondary N) is 1. The molecule has 0 bridgehead atoms. The van der Waals surface area contributed by atoms with Crippen LogP contribution in [0.15, 0.2) is 24.3 Å². The predicted octanol–water partition coefficient (Wildman–Crippen LogP) is 1.03. The minimum absolute atomic E-state index is 0.0749. The number of hydrogen-bond acceptors (Lipinski definition) is 3. The first-order chi connectivity index (χ1) is 8.50. The van der Waals surface area contributed by atoms with Crippen molar-refractivity contribution in [1.82, 2.24) is 10.2 Å². The largest absolute Gasteiger partial charge is 0.492 e. The van der Waals surface area contributed by atoms with E-state index in [9.17, 15) is 9.59 Å². The van der Waals surface area contributed by atoms with Gasteiger partial charge in [0, 0.05) is 19.7 Å². The molecule has 18 heavy (non-hydrogen) atoms. The zero-order valence-corrected chi connectivity index (χ0v) is 10.3. The molecule has 0 aliphatic heterocycles. The monoisotopic (exact) mass is 252 g/mol. The van der Waals surface area contributed by atoms with Crippen molar-refractivity contribution in [1.29, 1.82) is 0 Å². The van der Waals surface area contributed by atoms with Gasteiger partial charge in [0.05, 0.1) is 6.54 Å². The summed E-state index contributed by atoms with van der Waals surface area (Å²) in [6, 6.07) is 6.69. The lowest BCUT2D eigenvalue weighted by Gasteiger charge is -2.11. The Bertz CT molecular complexity index is 415. The Morgan fingerprint density at radius 3 is 2.39 bits per heavy atom. The zero-order valence-electron chi connectivity index (χ0n) is 10.3. The topological polar surface area (TPSA) is 78.9 Å². The Morgan fingerprint density at radius 1 is 1.28 bits per heavy atom. The van der Waals surface area contributed by atoms with Crippen LogP contribution in [0.5, 0.6) is 5.75 Å². The van der Waals surface area contributed by atoms with E-state index in [1.54, 1.807) is 38.4 Å². The van der Waals surface area contributed by atoms with E-state index < -0.39 is 6.09 Å². The Balaban J connectivity index is 2.45. The van der Waals surface area contributed by atoms with Crippen LogP contribution in [-0.2, 0) is 0 Å². The maximum atomic E-state index is 11.6. The van der Waals surface area contributed by atoms with Gasteiger partial charge in [0.1, 0.15) is 12.4 Å². The summed E-state index contributed by atoms with van der Waals surface area (Å²) in [5, 5.41) is 10.5. The van der Waals surface area contributed by atoms with Gasteiger partial charge in [0.2, 0.25) is 0 Å². The number of carbonyl (C=O) groups excluding carboxylic acids is 1. The molecule has 0 atom stereocenters. The average molecular weight is 252 g/mol. The molecule has 0 aromatic heterocycles. The summed E-state index contributed by atoms with van der Waals surface area (Å²) in [7, 11) is 3.37. The van der Waals surface area contributed by atoms with Crippen LogP contribution in [0.3, 0.4) is 0 Å². The molecule has 6 heteroatoms. The molecule has 1 rings (SSSR count). The highest BCUT2D eigenvalue weighted by atomic mass is 16.5. The van der Waals surface area contributed by atoms with E-state index in [1.807, 2.05) is 0 Å². The van der Waals surface area contributed by atoms with E-state index in [1.165, 1.54) is 4.90 Å². The Kier molecular flexibility index (Phi) is 4.98. The molecule has 0 saturated heterocycles. The maximum Gasteiger partial charge on any atom is 0.404 e. The third-order valence-corrected chi connectivity index (χ3v) is 2.15. The van der Waals surface area contributed by atoms with Crippen molar-refractivity contribution < 1.29 is 19.4 Å². The van der Waals surface area contributed by atoms with Crippen molar-refractivity contribution in [2.75, 3.05) is 27.2 Å². The molecular weight excluding hydrogens is 236 g/mol. The van der Waals surface area contributed by atoms with E-state index in [-0.39, 0.29) is 19.1 Å². The first-order valence-corrected chi connectivity index (χ1v) is 5.42. The lowest BCUT2D eigenvalue weighted by Crippen LogP contribution is -2.26. The van der Waals surface area contributed by atoms with Gasteiger partial charge in [0.25, 0.3) is 5.91 Å². The fourth-order valence-corrected chi connectivity index (χ4v) is 1.28. The molecule has 6 nitrogen and oxygen atoms in total. The molecule has 0 aliphatic carbocycles. The van der Waals surface area contributed by atoms with E-state index in [4.69, 9.17) is 9.84 Å². The number of benzene rings is 1. The lowest BCUT2D eigenvalue weighted by molar-refractivity contribution is 0.0827. The van der Waals surface area contributed by atoms with Crippen LogP contribution < -0.4 is 10.1 Å². The van der Waals surface area contributed by atoms with Crippen LogP contribution >= 0.6 is 0 Å². The minimum atomic E-state index is -1.08. The Hall–Kier alpha value is -2.24. The number of carbonyl (C=O) groups is 2. The van der Waals surface area contributed by atoms with Gasteiger partial charge in [-0.15, -0.1) is 0 Å². The summed E-state index contributed by atoms with van der Waals surface area (Å²) in [4.78, 5) is 23.3. The highest BCUT2D eigenvalue weighted by Crippen LogP contribution is 2.12. The molecule has 0 heterocycles. The van der Waals surface area contributed by atoms with Crippen LogP contribution in [0, 0.1) is 0 Å². The minimum Gasteiger partial charge on any atom is -0.492 e. The number of carboxylic acid groups (broad SMARTS) is 1. The fourth-order valence-electron chi connectivity index (χ4n) is 1.28. The number of nitrogens with zero attached hydrogens (tertiary/aromatic N) is 1. The van der Waals surface area contributed by atoms with E-state index in [0.29, 0.717) is 11.3 Å². The highest BCUT2D eigenvalue weighted by Gasteiger charge is 2.07. The van der Waals surface area contributed by atoms with E-state index in [0.717, 1.165) is 0 Å². The first kappa shape index (κ1) is 13.8. The average Bonchev–Trinajstić information content (AvgIpc) is 2.34. The van der Waals surface area contributed by atoms with Crippen LogP contribution in [0.1, 0.15) is 10.4 Å². The molecule has 0 unspecified atom stereocenters. The van der Waals surface area contributed by atoms with Crippen molar-refractivity contribution in [2.45, 2.75) is 0 Å². The van der Waals surface area contributed by atoms with Crippen LogP contribution in [0.25, 0.3) is 0 Å². The predicted molar refractivity (Wildman–Crippen MR) is 66.0 cm³/mol. The van der Waals surface area contributed by atoms with Gasteiger partial charge in [-0.2, -0.15) is 0 Å². The lowest BCUT2D eigenvalue weighted by atomic mass is 10.2. The van der Waals surface area contributed by atoms with Gasteiger partial charge >= 0.3 is 6.09 Å². The summed E-state index contributed by atoms with van der Waals surface area (Å²) in [6.07, 6.45) is -1.08. The van der Waals surface area contributed by atoms with Gasteiger partial charge in [-0.25, -0.2) is 4.79 Å². The van der Waals surface area contributed by atoms with Crippen molar-refractivity contribution >= 4 is 12.0 Å². The number of hydrogen-bond donors (Lipinski definition) is 2. The molecule has 0 fully saturated rings. The highest BCUT2D eigenvalue weighted by molar-refractivity contribution is 5.93. The van der Waals surface area contributed by atoms with E-state index >= 15 is 0 Å². The number of rotatable bonds is 5. The van der Waals surface area contributed by atoms with Crippen LogP contribution in [-0.4, -0.2) is 49.3 Å². The second kappa shape index (κ2) is 6.48. The van der Waals surface area contributed by atoms with E-state index in [2.05, 4.69) is 5.32 Å². The van der Waals surface area contributed by atoms with Gasteiger partial charge in [-0.3, -0.25) is 4.79 Å². The molecule has 98 valence electrons. The SMILES string of the molecule is CN(C)C(=O)c1ccc(OCCNC(=O)O)cc1. The van der Waals surface area contributed by atoms with Gasteiger partial charge in [0.15, 0.2) is 0 Å². The molecule has 0 aliphatic rings. The Labute approximate surface area is 105 Å². The standard InChI is InChI=1S/C12H16N2O4/c1-14(2)11(15)9-3-5-10(6-4-9)18-8-7-13-12(16)17/h3-6,13H,7-8H2,1-2H3,(H,16,17). The summed E-state index contributed by atoms with van der Waals surface area (Å²) in [5.74, 6) is 0.520. The van der Waals surface area contributed by atoms with Gasteiger partial charge in [-0.05, 0) is 24.3 Å². The van der Waals surface area contributed by atoms with Crippen molar-refractivity contribution in [2.24, 2.45) is 0 Å². The molecule has 1 aromatic rings. The van der Waals surface area contributed by atoms with Crippen molar-refractivity contribution in [3.05, 3.63) is 29.8 Å². The fraction of sp³-hybridized carbons (Fsp3) is 0.333. The maximum absolute atomic E-state index is 11.6. The normalized spacial score (nSPS) is 9.67. The van der Waals surface area contributed by atoms with Crippen LogP contribution in [0.4, 0.5) is 4.79 Å². The third kappa shape index (κ3) is 4.32. The smallest absolute Gasteiger partial charge is 0.404 e. The molecule has 0 saturated carbocycles. The summed E-state index contributed by atoms with van der Waals surface area (Å²) < 4.78 is 5.30. The quantitative estimate of drug-likeness (QED) is 0.767. The summed E-state index contributed by atoms with van der Waals surface area (Å²) in [5.41, 5.74) is 0.580. The summed E-state index contributed by atoms with van der Waals surface area (Å²) >= 11 is 0. The van der Waals surface area contributed by atoms with Crippen molar-refractivity contribution in [3.63, 3.8) is 0 Å². The molecule has 0 spiro atoms. The second-order valence-corrected chi connectivity index (χ2v) is 3.80. The zero-order chi connectivity index (χ0) is 13.5. The number of ether oxygens (including phenoxy) is 1. The number of amides is 2. The second-order valence-electron chi connectivity index (χ2n) is 3.80. The first-order valence-electron chi connectivity index (χ1n) is 5.42. The van der Waals surface area contributed by atoms with Crippen molar-refractivity contribution in [3.8, 4) is 5.75 Å². The molecule has 0 radical (unpaired) electrons. The van der Waals surface area contributed by atoms with Gasteiger partial charge in [-0.1, -0.05) is 0 Å². The molecular formula is C12H16N2O4.